The molecule has 2 atom stereocenters. The van der Waals surface area contributed by atoms with E-state index in [4.69, 9.17) is 19.3 Å². The number of hydrogen-bond acceptors (Lipinski definition) is 8. The Morgan fingerprint density at radius 2 is 1.58 bits per heavy atom. The van der Waals surface area contributed by atoms with E-state index < -0.39 is 36.4 Å². The molecule has 0 fully saturated rings. The molecule has 10 nitrogen and oxygen atoms in total. The van der Waals surface area contributed by atoms with Crippen LogP contribution in [0.2, 0.25) is 0 Å². The van der Waals surface area contributed by atoms with Gasteiger partial charge in [0.25, 0.3) is 11.8 Å². The van der Waals surface area contributed by atoms with Crippen molar-refractivity contribution in [1.82, 2.24) is 10.6 Å². The summed E-state index contributed by atoms with van der Waals surface area (Å²) in [5.41, 5.74) is 1.96. The number of amides is 2. The van der Waals surface area contributed by atoms with Gasteiger partial charge in [-0.15, -0.1) is 0 Å². The number of carbonyl (C=O) groups is 3. The molecule has 3 aromatic carbocycles. The van der Waals surface area contributed by atoms with Crippen LogP contribution in [0.4, 0.5) is 0 Å². The maximum absolute atomic E-state index is 12.8. The van der Waals surface area contributed by atoms with Gasteiger partial charge in [0.05, 0.1) is 13.2 Å². The SMILES string of the molecule is O=C(NC(C(=O)CO)C(=O)NCC1COc2ccccc2O1)c1ccc(-c2ccc(OCCO)cc2)cc1. The van der Waals surface area contributed by atoms with Gasteiger partial charge in [-0.05, 0) is 47.5 Å². The predicted octanol–water partition coefficient (Wildman–Crippen LogP) is 1.34. The van der Waals surface area contributed by atoms with Crippen LogP contribution in [0.3, 0.4) is 0 Å². The molecule has 4 N–H and O–H groups in total. The summed E-state index contributed by atoms with van der Waals surface area (Å²) in [5, 5.41) is 23.2. The average Bonchev–Trinajstić information content (AvgIpc) is 2.97. The van der Waals surface area contributed by atoms with Gasteiger partial charge in [-0.1, -0.05) is 36.4 Å². The summed E-state index contributed by atoms with van der Waals surface area (Å²) < 4.78 is 16.8. The number of ether oxygens (including phenoxy) is 3. The van der Waals surface area contributed by atoms with Crippen molar-refractivity contribution in [2.45, 2.75) is 12.1 Å². The number of nitrogens with one attached hydrogen (secondary N) is 2. The van der Waals surface area contributed by atoms with E-state index in [1.165, 1.54) is 0 Å². The third-order valence-corrected chi connectivity index (χ3v) is 5.78. The molecule has 0 bridgehead atoms. The van der Waals surface area contributed by atoms with Crippen molar-refractivity contribution in [2.24, 2.45) is 0 Å². The molecule has 0 saturated heterocycles. The lowest BCUT2D eigenvalue weighted by Crippen LogP contribution is -2.54. The second-order valence-corrected chi connectivity index (χ2v) is 8.45. The Bertz CT molecular complexity index is 1260. The fourth-order valence-electron chi connectivity index (χ4n) is 3.80. The van der Waals surface area contributed by atoms with Crippen LogP contribution >= 0.6 is 0 Å². The first-order valence-corrected chi connectivity index (χ1v) is 12.0. The van der Waals surface area contributed by atoms with Crippen molar-refractivity contribution in [3.8, 4) is 28.4 Å². The summed E-state index contributed by atoms with van der Waals surface area (Å²) in [4.78, 5) is 37.8. The minimum Gasteiger partial charge on any atom is -0.491 e. The van der Waals surface area contributed by atoms with Crippen molar-refractivity contribution in [3.63, 3.8) is 0 Å². The Morgan fingerprint density at radius 1 is 0.921 bits per heavy atom. The van der Waals surface area contributed by atoms with Crippen molar-refractivity contribution < 1.29 is 38.8 Å². The molecule has 2 amide bonds. The zero-order chi connectivity index (χ0) is 26.9. The number of aliphatic hydroxyl groups is 2. The highest BCUT2D eigenvalue weighted by Gasteiger charge is 2.29. The molecule has 198 valence electrons. The molecule has 4 rings (SSSR count). The standard InChI is InChI=1S/C28H28N2O8/c31-13-14-36-21-11-9-19(10-12-21)18-5-7-20(8-6-18)27(34)30-26(23(33)16-32)28(35)29-15-22-17-37-24-3-1-2-4-25(24)38-22/h1-12,22,26,31-32H,13-17H2,(H,29,35)(H,30,34). The normalized spacial score (nSPS) is 14.7. The Hall–Kier alpha value is -4.41. The van der Waals surface area contributed by atoms with E-state index in [1.54, 1.807) is 54.6 Å². The van der Waals surface area contributed by atoms with Crippen molar-refractivity contribution in [2.75, 3.05) is 33.0 Å². The van der Waals surface area contributed by atoms with E-state index in [2.05, 4.69) is 10.6 Å². The Morgan fingerprint density at radius 3 is 2.24 bits per heavy atom. The fourth-order valence-corrected chi connectivity index (χ4v) is 3.80. The van der Waals surface area contributed by atoms with Gasteiger partial charge in [-0.25, -0.2) is 0 Å². The molecular formula is C28H28N2O8. The molecule has 0 radical (unpaired) electrons. The second-order valence-electron chi connectivity index (χ2n) is 8.45. The minimum absolute atomic E-state index is 0.0385. The lowest BCUT2D eigenvalue weighted by molar-refractivity contribution is -0.132. The molecule has 10 heteroatoms. The van der Waals surface area contributed by atoms with E-state index in [9.17, 15) is 19.5 Å². The first kappa shape index (κ1) is 26.6. The minimum atomic E-state index is -1.57. The number of fused-ring (bicyclic) bond motifs is 1. The fraction of sp³-hybridized carbons (Fsp3) is 0.250. The molecule has 0 aromatic heterocycles. The van der Waals surface area contributed by atoms with Gasteiger partial charge in [0.1, 0.15) is 31.7 Å². The summed E-state index contributed by atoms with van der Waals surface area (Å²) in [6, 6.07) is 19.4. The monoisotopic (exact) mass is 520 g/mol. The van der Waals surface area contributed by atoms with Gasteiger partial charge in [0, 0.05) is 5.56 Å². The predicted molar refractivity (Wildman–Crippen MR) is 137 cm³/mol. The Labute approximate surface area is 219 Å². The first-order chi connectivity index (χ1) is 18.5. The number of ketones is 1. The molecule has 0 spiro atoms. The Balaban J connectivity index is 1.35. The highest BCUT2D eigenvalue weighted by molar-refractivity contribution is 6.10. The van der Waals surface area contributed by atoms with Gasteiger partial charge in [-0.3, -0.25) is 14.4 Å². The number of carbonyl (C=O) groups excluding carboxylic acids is 3. The van der Waals surface area contributed by atoms with E-state index >= 15 is 0 Å². The number of Topliss-reactive ketones (excluding diaryl/α,β-unsaturated/α-hetero) is 1. The number of aliphatic hydroxyl groups excluding tert-OH is 2. The molecule has 3 aromatic rings. The maximum Gasteiger partial charge on any atom is 0.252 e. The van der Waals surface area contributed by atoms with Gasteiger partial charge >= 0.3 is 0 Å². The van der Waals surface area contributed by atoms with Gasteiger partial charge in [0.2, 0.25) is 0 Å². The van der Waals surface area contributed by atoms with Gasteiger partial charge < -0.3 is 35.1 Å². The van der Waals surface area contributed by atoms with Crippen LogP contribution in [0.15, 0.2) is 72.8 Å². The summed E-state index contributed by atoms with van der Waals surface area (Å²) in [6.07, 6.45) is -0.489. The van der Waals surface area contributed by atoms with Crippen LogP contribution in [-0.2, 0) is 9.59 Å². The molecule has 0 aliphatic carbocycles. The van der Waals surface area contributed by atoms with E-state index in [0.717, 1.165) is 11.1 Å². The first-order valence-electron chi connectivity index (χ1n) is 12.0. The molecule has 1 aliphatic heterocycles. The van der Waals surface area contributed by atoms with Crippen LogP contribution in [0, 0.1) is 0 Å². The number of para-hydroxylation sites is 2. The Kier molecular flexibility index (Phi) is 8.91. The van der Waals surface area contributed by atoms with E-state index in [0.29, 0.717) is 17.2 Å². The number of benzene rings is 3. The third-order valence-electron chi connectivity index (χ3n) is 5.78. The van der Waals surface area contributed by atoms with Crippen LogP contribution < -0.4 is 24.8 Å². The summed E-state index contributed by atoms with van der Waals surface area (Å²) in [6.45, 7) is -0.537. The summed E-state index contributed by atoms with van der Waals surface area (Å²) in [5.74, 6) is -0.474. The molecular weight excluding hydrogens is 492 g/mol. The molecule has 38 heavy (non-hydrogen) atoms. The highest BCUT2D eigenvalue weighted by Crippen LogP contribution is 2.30. The quantitative estimate of drug-likeness (QED) is 0.278. The number of hydrogen-bond donors (Lipinski definition) is 4. The lowest BCUT2D eigenvalue weighted by Gasteiger charge is -2.27. The average molecular weight is 521 g/mol. The summed E-state index contributed by atoms with van der Waals surface area (Å²) in [7, 11) is 0. The van der Waals surface area contributed by atoms with Crippen LogP contribution in [0.5, 0.6) is 17.2 Å². The van der Waals surface area contributed by atoms with Crippen molar-refractivity contribution >= 4 is 17.6 Å². The lowest BCUT2D eigenvalue weighted by atomic mass is 10.0. The molecule has 1 aliphatic rings. The van der Waals surface area contributed by atoms with E-state index in [1.807, 2.05) is 18.2 Å². The largest absolute Gasteiger partial charge is 0.491 e. The zero-order valence-corrected chi connectivity index (χ0v) is 20.5. The van der Waals surface area contributed by atoms with Gasteiger partial charge in [-0.2, -0.15) is 0 Å². The summed E-state index contributed by atoms with van der Waals surface area (Å²) >= 11 is 0. The third kappa shape index (κ3) is 6.67. The molecule has 1 heterocycles. The van der Waals surface area contributed by atoms with Crippen LogP contribution in [-0.4, -0.2) is 72.9 Å². The zero-order valence-electron chi connectivity index (χ0n) is 20.5. The number of rotatable bonds is 11. The van der Waals surface area contributed by atoms with Gasteiger partial charge in [0.15, 0.2) is 23.3 Å². The van der Waals surface area contributed by atoms with E-state index in [-0.39, 0.29) is 31.9 Å². The topological polar surface area (TPSA) is 143 Å². The van der Waals surface area contributed by atoms with Crippen molar-refractivity contribution in [3.05, 3.63) is 78.4 Å². The highest BCUT2D eigenvalue weighted by atomic mass is 16.6. The van der Waals surface area contributed by atoms with Crippen molar-refractivity contribution in [1.29, 1.82) is 0 Å². The second kappa shape index (κ2) is 12.7. The van der Waals surface area contributed by atoms with Crippen LogP contribution in [0.1, 0.15) is 10.4 Å². The maximum atomic E-state index is 12.8. The van der Waals surface area contributed by atoms with Crippen LogP contribution in [0.25, 0.3) is 11.1 Å². The smallest absolute Gasteiger partial charge is 0.252 e. The molecule has 0 saturated carbocycles. The molecule has 2 unspecified atom stereocenters.